The van der Waals surface area contributed by atoms with E-state index in [2.05, 4.69) is 5.32 Å². The molecular weight excluding hydrogens is 215 g/mol. The van der Waals surface area contributed by atoms with Gasteiger partial charge >= 0.3 is 0 Å². The van der Waals surface area contributed by atoms with Crippen molar-refractivity contribution < 1.29 is 13.2 Å². The number of benzene rings is 1. The van der Waals surface area contributed by atoms with Crippen molar-refractivity contribution in [2.24, 2.45) is 0 Å². The lowest BCUT2D eigenvalue weighted by molar-refractivity contribution is 0.290. The van der Waals surface area contributed by atoms with Gasteiger partial charge in [-0.2, -0.15) is 0 Å². The summed E-state index contributed by atoms with van der Waals surface area (Å²) < 4.78 is 39.3. The third-order valence-electron chi connectivity index (χ3n) is 2.06. The Bertz CT molecular complexity index is 338. The standard InChI is InChI=1S/C12H16F3N/c1-12(2,3)16-7-11(15)8-4-9(13)6-10(14)5-8/h4-6,11,16H,7H2,1-3H3. The van der Waals surface area contributed by atoms with Gasteiger partial charge in [0.05, 0.1) is 0 Å². The van der Waals surface area contributed by atoms with Crippen LogP contribution in [-0.4, -0.2) is 12.1 Å². The van der Waals surface area contributed by atoms with Crippen LogP contribution in [0.3, 0.4) is 0 Å². The Kier molecular flexibility index (Phi) is 3.97. The van der Waals surface area contributed by atoms with E-state index in [4.69, 9.17) is 0 Å². The van der Waals surface area contributed by atoms with Crippen LogP contribution in [-0.2, 0) is 0 Å². The molecule has 1 unspecified atom stereocenters. The van der Waals surface area contributed by atoms with Gasteiger partial charge < -0.3 is 5.32 Å². The Balaban J connectivity index is 2.69. The highest BCUT2D eigenvalue weighted by Crippen LogP contribution is 2.19. The summed E-state index contributed by atoms with van der Waals surface area (Å²) in [5.41, 5.74) is -0.204. The molecule has 0 aromatic heterocycles. The van der Waals surface area contributed by atoms with Crippen LogP contribution in [0.1, 0.15) is 32.5 Å². The van der Waals surface area contributed by atoms with Crippen molar-refractivity contribution in [1.29, 1.82) is 0 Å². The van der Waals surface area contributed by atoms with Crippen molar-refractivity contribution in [2.45, 2.75) is 32.5 Å². The summed E-state index contributed by atoms with van der Waals surface area (Å²) in [6.45, 7) is 5.72. The summed E-state index contributed by atoms with van der Waals surface area (Å²) in [7, 11) is 0. The van der Waals surface area contributed by atoms with Crippen LogP contribution >= 0.6 is 0 Å². The molecule has 0 spiro atoms. The minimum absolute atomic E-state index is 0.0225. The van der Waals surface area contributed by atoms with Gasteiger partial charge in [-0.1, -0.05) is 0 Å². The van der Waals surface area contributed by atoms with Gasteiger partial charge in [0.15, 0.2) is 0 Å². The lowest BCUT2D eigenvalue weighted by Gasteiger charge is -2.22. The third-order valence-corrected chi connectivity index (χ3v) is 2.06. The van der Waals surface area contributed by atoms with Crippen molar-refractivity contribution in [3.05, 3.63) is 35.4 Å². The maximum Gasteiger partial charge on any atom is 0.138 e. The Morgan fingerprint density at radius 3 is 2.06 bits per heavy atom. The number of hydrogen-bond donors (Lipinski definition) is 1. The van der Waals surface area contributed by atoms with E-state index >= 15 is 0 Å². The molecule has 0 fully saturated rings. The maximum absolute atomic E-state index is 13.6. The molecule has 0 amide bonds. The first-order valence-electron chi connectivity index (χ1n) is 5.13. The smallest absolute Gasteiger partial charge is 0.138 e. The SMILES string of the molecule is CC(C)(C)NCC(F)c1cc(F)cc(F)c1. The maximum atomic E-state index is 13.6. The molecule has 0 bridgehead atoms. The Labute approximate surface area is 93.7 Å². The molecule has 1 aromatic carbocycles. The highest BCUT2D eigenvalue weighted by molar-refractivity contribution is 5.20. The van der Waals surface area contributed by atoms with E-state index in [0.717, 1.165) is 18.2 Å². The summed E-state index contributed by atoms with van der Waals surface area (Å²) in [5.74, 6) is -1.51. The summed E-state index contributed by atoms with van der Waals surface area (Å²) >= 11 is 0. The lowest BCUT2D eigenvalue weighted by atomic mass is 10.1. The van der Waals surface area contributed by atoms with Crippen molar-refractivity contribution >= 4 is 0 Å². The van der Waals surface area contributed by atoms with Crippen LogP contribution in [0.4, 0.5) is 13.2 Å². The second-order valence-corrected chi connectivity index (χ2v) is 4.80. The van der Waals surface area contributed by atoms with Crippen LogP contribution in [0.15, 0.2) is 18.2 Å². The summed E-state index contributed by atoms with van der Waals surface area (Å²) in [6.07, 6.45) is -1.41. The van der Waals surface area contributed by atoms with Gasteiger partial charge in [0.2, 0.25) is 0 Å². The molecule has 1 atom stereocenters. The summed E-state index contributed by atoms with van der Waals surface area (Å²) in [5, 5.41) is 2.94. The number of rotatable bonds is 3. The van der Waals surface area contributed by atoms with Crippen LogP contribution < -0.4 is 5.32 Å². The first kappa shape index (κ1) is 13.0. The molecule has 90 valence electrons. The third kappa shape index (κ3) is 4.23. The summed E-state index contributed by atoms with van der Waals surface area (Å²) in [6, 6.07) is 2.75. The molecule has 0 saturated carbocycles. The van der Waals surface area contributed by atoms with Crippen LogP contribution in [0.25, 0.3) is 0 Å². The number of nitrogens with one attached hydrogen (secondary N) is 1. The minimum Gasteiger partial charge on any atom is -0.309 e. The van der Waals surface area contributed by atoms with E-state index in [1.165, 1.54) is 0 Å². The number of hydrogen-bond acceptors (Lipinski definition) is 1. The van der Waals surface area contributed by atoms with Gasteiger partial charge in [0, 0.05) is 18.2 Å². The highest BCUT2D eigenvalue weighted by atomic mass is 19.1. The van der Waals surface area contributed by atoms with Gasteiger partial charge in [-0.25, -0.2) is 13.2 Å². The minimum atomic E-state index is -1.41. The molecule has 1 N–H and O–H groups in total. The fourth-order valence-corrected chi connectivity index (χ4v) is 1.27. The molecule has 0 aliphatic carbocycles. The topological polar surface area (TPSA) is 12.0 Å². The van der Waals surface area contributed by atoms with Crippen LogP contribution in [0.2, 0.25) is 0 Å². The molecule has 4 heteroatoms. The quantitative estimate of drug-likeness (QED) is 0.841. The molecule has 0 aliphatic rings. The first-order chi connectivity index (χ1) is 7.28. The Morgan fingerprint density at radius 1 is 1.12 bits per heavy atom. The second-order valence-electron chi connectivity index (χ2n) is 4.80. The van der Waals surface area contributed by atoms with Gasteiger partial charge in [-0.3, -0.25) is 0 Å². The van der Waals surface area contributed by atoms with E-state index in [-0.39, 0.29) is 17.6 Å². The fourth-order valence-electron chi connectivity index (χ4n) is 1.27. The van der Waals surface area contributed by atoms with Crippen LogP contribution in [0, 0.1) is 11.6 Å². The molecule has 1 aromatic rings. The normalized spacial score (nSPS) is 13.9. The Hall–Kier alpha value is -1.03. The average molecular weight is 231 g/mol. The molecule has 1 nitrogen and oxygen atoms in total. The van der Waals surface area contributed by atoms with Gasteiger partial charge in [-0.05, 0) is 38.5 Å². The van der Waals surface area contributed by atoms with Crippen molar-refractivity contribution in [3.63, 3.8) is 0 Å². The molecule has 0 aliphatic heterocycles. The highest BCUT2D eigenvalue weighted by Gasteiger charge is 2.16. The van der Waals surface area contributed by atoms with Crippen molar-refractivity contribution in [3.8, 4) is 0 Å². The number of halogens is 3. The molecule has 0 saturated heterocycles. The predicted octanol–water partition coefficient (Wildman–Crippen LogP) is 3.36. The van der Waals surface area contributed by atoms with Crippen molar-refractivity contribution in [1.82, 2.24) is 5.32 Å². The van der Waals surface area contributed by atoms with E-state index in [1.54, 1.807) is 0 Å². The zero-order chi connectivity index (χ0) is 12.3. The molecule has 0 radical (unpaired) electrons. The number of alkyl halides is 1. The van der Waals surface area contributed by atoms with Crippen LogP contribution in [0.5, 0.6) is 0 Å². The zero-order valence-electron chi connectivity index (χ0n) is 9.65. The Morgan fingerprint density at radius 2 is 1.62 bits per heavy atom. The molecular formula is C12H16F3N. The predicted molar refractivity (Wildman–Crippen MR) is 58.0 cm³/mol. The second kappa shape index (κ2) is 4.87. The molecule has 0 heterocycles. The van der Waals surface area contributed by atoms with Crippen molar-refractivity contribution in [2.75, 3.05) is 6.54 Å². The lowest BCUT2D eigenvalue weighted by Crippen LogP contribution is -2.37. The van der Waals surface area contributed by atoms with E-state index in [0.29, 0.717) is 0 Å². The first-order valence-corrected chi connectivity index (χ1v) is 5.13. The largest absolute Gasteiger partial charge is 0.309 e. The van der Waals surface area contributed by atoms with Gasteiger partial charge in [0.1, 0.15) is 17.8 Å². The van der Waals surface area contributed by atoms with E-state index < -0.39 is 17.8 Å². The van der Waals surface area contributed by atoms with E-state index in [9.17, 15) is 13.2 Å². The van der Waals surface area contributed by atoms with Gasteiger partial charge in [-0.15, -0.1) is 0 Å². The average Bonchev–Trinajstić information content (AvgIpc) is 2.11. The summed E-state index contributed by atoms with van der Waals surface area (Å²) in [4.78, 5) is 0. The fraction of sp³-hybridized carbons (Fsp3) is 0.500. The monoisotopic (exact) mass is 231 g/mol. The van der Waals surface area contributed by atoms with E-state index in [1.807, 2.05) is 20.8 Å². The zero-order valence-corrected chi connectivity index (χ0v) is 9.65. The molecule has 16 heavy (non-hydrogen) atoms. The molecule has 1 rings (SSSR count). The van der Waals surface area contributed by atoms with Gasteiger partial charge in [0.25, 0.3) is 0 Å².